The Bertz CT molecular complexity index is 463. The SMILES string of the molecule is CCCCCCCC(=N)CC[C@@H]1[C@@H](C/C=C\CCCC(=O)O)[C@@H](O)C[C@H]1O. The molecule has 1 fully saturated rings. The minimum absolute atomic E-state index is 0.0353. The first-order chi connectivity index (χ1) is 13.0. The highest BCUT2D eigenvalue weighted by atomic mass is 16.4. The minimum atomic E-state index is -0.773. The normalized spacial score (nSPS) is 25.3. The van der Waals surface area contributed by atoms with Crippen LogP contribution < -0.4 is 0 Å². The topological polar surface area (TPSA) is 102 Å². The number of aliphatic hydroxyl groups excluding tert-OH is 2. The fourth-order valence-corrected chi connectivity index (χ4v) is 4.06. The average Bonchev–Trinajstić information content (AvgIpc) is 2.88. The van der Waals surface area contributed by atoms with Gasteiger partial charge in [-0.05, 0) is 63.2 Å². The molecule has 4 atom stereocenters. The van der Waals surface area contributed by atoms with Crippen LogP contribution >= 0.6 is 0 Å². The molecule has 5 nitrogen and oxygen atoms in total. The van der Waals surface area contributed by atoms with Crippen LogP contribution in [0.3, 0.4) is 0 Å². The Kier molecular flexibility index (Phi) is 12.3. The first kappa shape index (κ1) is 23.8. The molecule has 0 heterocycles. The van der Waals surface area contributed by atoms with E-state index in [9.17, 15) is 15.0 Å². The summed E-state index contributed by atoms with van der Waals surface area (Å²) in [7, 11) is 0. The molecule has 27 heavy (non-hydrogen) atoms. The molecule has 1 saturated carbocycles. The van der Waals surface area contributed by atoms with Gasteiger partial charge in [-0.25, -0.2) is 0 Å². The summed E-state index contributed by atoms with van der Waals surface area (Å²) in [6.45, 7) is 2.20. The Hall–Kier alpha value is -1.20. The molecule has 0 aromatic rings. The van der Waals surface area contributed by atoms with E-state index < -0.39 is 18.2 Å². The van der Waals surface area contributed by atoms with Crippen molar-refractivity contribution in [3.63, 3.8) is 0 Å². The minimum Gasteiger partial charge on any atom is -0.481 e. The van der Waals surface area contributed by atoms with Gasteiger partial charge in [-0.15, -0.1) is 0 Å². The molecule has 4 N–H and O–H groups in total. The average molecular weight is 382 g/mol. The van der Waals surface area contributed by atoms with E-state index >= 15 is 0 Å². The van der Waals surface area contributed by atoms with Crippen molar-refractivity contribution >= 4 is 11.7 Å². The van der Waals surface area contributed by atoms with Crippen molar-refractivity contribution in [2.45, 2.75) is 103 Å². The largest absolute Gasteiger partial charge is 0.481 e. The quantitative estimate of drug-likeness (QED) is 0.187. The monoisotopic (exact) mass is 381 g/mol. The third-order valence-corrected chi connectivity index (χ3v) is 5.72. The van der Waals surface area contributed by atoms with E-state index in [1.165, 1.54) is 25.7 Å². The molecule has 0 radical (unpaired) electrons. The number of aliphatic hydroxyl groups is 2. The summed E-state index contributed by atoms with van der Waals surface area (Å²) in [5, 5.41) is 37.4. The lowest BCUT2D eigenvalue weighted by molar-refractivity contribution is -0.137. The predicted molar refractivity (Wildman–Crippen MR) is 109 cm³/mol. The zero-order valence-corrected chi connectivity index (χ0v) is 16.9. The van der Waals surface area contributed by atoms with Gasteiger partial charge in [-0.3, -0.25) is 4.79 Å². The van der Waals surface area contributed by atoms with Crippen LogP contribution in [-0.4, -0.2) is 39.2 Å². The molecular weight excluding hydrogens is 342 g/mol. The van der Waals surface area contributed by atoms with Crippen LogP contribution in [0, 0.1) is 17.2 Å². The number of allylic oxidation sites excluding steroid dienone is 2. The standard InChI is InChI=1S/C22H39NO4/c1-2-3-4-5-8-11-17(23)14-15-19-18(20(24)16-21(19)25)12-9-6-7-10-13-22(26)27/h6,9,18-21,23-25H,2-5,7-8,10-16H2,1H3,(H,26,27)/b9-6-,23-17?/t18-,19-,20+,21-/m1/s1. The fourth-order valence-electron chi connectivity index (χ4n) is 4.06. The molecule has 0 spiro atoms. The second kappa shape index (κ2) is 13.9. The van der Waals surface area contributed by atoms with Crippen LogP contribution in [0.25, 0.3) is 0 Å². The zero-order chi connectivity index (χ0) is 20.1. The summed E-state index contributed by atoms with van der Waals surface area (Å²) in [6, 6.07) is 0. The van der Waals surface area contributed by atoms with Gasteiger partial charge < -0.3 is 20.7 Å². The number of nitrogens with one attached hydrogen (secondary N) is 1. The molecule has 0 saturated heterocycles. The highest BCUT2D eigenvalue weighted by molar-refractivity contribution is 5.81. The molecule has 156 valence electrons. The lowest BCUT2D eigenvalue weighted by Crippen LogP contribution is -2.22. The van der Waals surface area contributed by atoms with E-state index in [0.29, 0.717) is 25.7 Å². The molecule has 0 aliphatic heterocycles. The van der Waals surface area contributed by atoms with Crippen LogP contribution in [0.4, 0.5) is 0 Å². The summed E-state index contributed by atoms with van der Waals surface area (Å²) < 4.78 is 0. The van der Waals surface area contributed by atoms with Gasteiger partial charge in [0, 0.05) is 12.1 Å². The number of carbonyl (C=O) groups is 1. The van der Waals surface area contributed by atoms with Crippen molar-refractivity contribution in [2.24, 2.45) is 11.8 Å². The highest BCUT2D eigenvalue weighted by Crippen LogP contribution is 2.38. The Labute approximate surface area is 164 Å². The van der Waals surface area contributed by atoms with Gasteiger partial charge in [0.25, 0.3) is 0 Å². The van der Waals surface area contributed by atoms with Crippen molar-refractivity contribution in [3.8, 4) is 0 Å². The predicted octanol–water partition coefficient (Wildman–Crippen LogP) is 4.71. The van der Waals surface area contributed by atoms with Crippen molar-refractivity contribution in [1.29, 1.82) is 5.41 Å². The Morgan fingerprint density at radius 1 is 0.963 bits per heavy atom. The number of hydrogen-bond donors (Lipinski definition) is 4. The third-order valence-electron chi connectivity index (χ3n) is 5.72. The van der Waals surface area contributed by atoms with Crippen molar-refractivity contribution < 1.29 is 20.1 Å². The smallest absolute Gasteiger partial charge is 0.303 e. The number of carboxylic acid groups (broad SMARTS) is 1. The number of rotatable bonds is 15. The van der Waals surface area contributed by atoms with Crippen LogP contribution in [-0.2, 0) is 4.79 Å². The molecule has 0 amide bonds. The third kappa shape index (κ3) is 10.1. The summed E-state index contributed by atoms with van der Waals surface area (Å²) >= 11 is 0. The maximum Gasteiger partial charge on any atom is 0.303 e. The zero-order valence-electron chi connectivity index (χ0n) is 16.9. The van der Waals surface area contributed by atoms with Crippen molar-refractivity contribution in [3.05, 3.63) is 12.2 Å². The number of hydrogen-bond acceptors (Lipinski definition) is 4. The maximum absolute atomic E-state index is 10.5. The van der Waals surface area contributed by atoms with Crippen molar-refractivity contribution in [2.75, 3.05) is 0 Å². The van der Waals surface area contributed by atoms with E-state index in [-0.39, 0.29) is 18.3 Å². The lowest BCUT2D eigenvalue weighted by Gasteiger charge is -2.22. The van der Waals surface area contributed by atoms with Gasteiger partial charge in [0.1, 0.15) is 0 Å². The van der Waals surface area contributed by atoms with Crippen LogP contribution in [0.5, 0.6) is 0 Å². The Morgan fingerprint density at radius 2 is 1.67 bits per heavy atom. The summed E-state index contributed by atoms with van der Waals surface area (Å²) in [6.07, 6.45) is 14.0. The summed E-state index contributed by atoms with van der Waals surface area (Å²) in [4.78, 5) is 10.5. The molecular formula is C22H39NO4. The molecule has 1 aliphatic rings. The molecule has 0 aromatic carbocycles. The first-order valence-corrected chi connectivity index (χ1v) is 10.7. The number of carboxylic acids is 1. The van der Waals surface area contributed by atoms with E-state index in [0.717, 1.165) is 31.4 Å². The molecule has 1 rings (SSSR count). The molecule has 0 bridgehead atoms. The first-order valence-electron chi connectivity index (χ1n) is 10.7. The van der Waals surface area contributed by atoms with Gasteiger partial charge in [0.05, 0.1) is 12.2 Å². The Balaban J connectivity index is 2.32. The summed E-state index contributed by atoms with van der Waals surface area (Å²) in [5.41, 5.74) is 0.767. The van der Waals surface area contributed by atoms with Crippen LogP contribution in [0.15, 0.2) is 12.2 Å². The molecule has 0 unspecified atom stereocenters. The van der Waals surface area contributed by atoms with E-state index in [1.807, 2.05) is 12.2 Å². The second-order valence-corrected chi connectivity index (χ2v) is 8.00. The van der Waals surface area contributed by atoms with Gasteiger partial charge in [0.15, 0.2) is 0 Å². The van der Waals surface area contributed by atoms with E-state index in [2.05, 4.69) is 6.92 Å². The van der Waals surface area contributed by atoms with Crippen LogP contribution in [0.2, 0.25) is 0 Å². The van der Waals surface area contributed by atoms with Gasteiger partial charge in [-0.2, -0.15) is 0 Å². The maximum atomic E-state index is 10.5. The van der Waals surface area contributed by atoms with Crippen molar-refractivity contribution in [1.82, 2.24) is 0 Å². The number of unbranched alkanes of at least 4 members (excludes halogenated alkanes) is 5. The number of aliphatic carboxylic acids is 1. The summed E-state index contributed by atoms with van der Waals surface area (Å²) in [5.74, 6) is -0.692. The van der Waals surface area contributed by atoms with Gasteiger partial charge in [-0.1, -0.05) is 44.8 Å². The van der Waals surface area contributed by atoms with Crippen LogP contribution in [0.1, 0.15) is 90.4 Å². The molecule has 1 aliphatic carbocycles. The second-order valence-electron chi connectivity index (χ2n) is 8.00. The van der Waals surface area contributed by atoms with Gasteiger partial charge >= 0.3 is 5.97 Å². The van der Waals surface area contributed by atoms with E-state index in [4.69, 9.17) is 10.5 Å². The highest BCUT2D eigenvalue weighted by Gasteiger charge is 2.40. The molecule has 0 aromatic heterocycles. The van der Waals surface area contributed by atoms with E-state index in [1.54, 1.807) is 0 Å². The molecule has 5 heteroatoms. The lowest BCUT2D eigenvalue weighted by atomic mass is 9.86. The van der Waals surface area contributed by atoms with Gasteiger partial charge in [0.2, 0.25) is 0 Å². The fraction of sp³-hybridized carbons (Fsp3) is 0.818. The Morgan fingerprint density at radius 3 is 2.37 bits per heavy atom.